The fraction of sp³-hybridized carbons (Fsp3) is 0.640. The number of ether oxygens (including phenoxy) is 2. The van der Waals surface area contributed by atoms with Crippen molar-refractivity contribution in [3.63, 3.8) is 0 Å². The van der Waals surface area contributed by atoms with Crippen molar-refractivity contribution in [3.8, 4) is 11.5 Å². The van der Waals surface area contributed by atoms with Gasteiger partial charge in [-0.05, 0) is 51.6 Å². The Morgan fingerprint density at radius 3 is 2.56 bits per heavy atom. The lowest BCUT2D eigenvalue weighted by molar-refractivity contribution is 0.0553. The molecule has 0 unspecified atom stereocenters. The van der Waals surface area contributed by atoms with E-state index < -0.39 is 6.10 Å². The summed E-state index contributed by atoms with van der Waals surface area (Å²) in [6.45, 7) is 4.55. The van der Waals surface area contributed by atoms with E-state index in [9.17, 15) is 5.11 Å². The minimum atomic E-state index is -0.528. The zero-order chi connectivity index (χ0) is 23.1. The third kappa shape index (κ3) is 6.95. The Labute approximate surface area is 192 Å². The van der Waals surface area contributed by atoms with Crippen LogP contribution >= 0.6 is 0 Å². The zero-order valence-corrected chi connectivity index (χ0v) is 20.4. The molecular weight excluding hydrogens is 404 g/mol. The number of hydrogen-bond acceptors (Lipinski definition) is 6. The molecule has 178 valence electrons. The number of methoxy groups -OCH3 is 1. The molecule has 32 heavy (non-hydrogen) atoms. The van der Waals surface area contributed by atoms with Gasteiger partial charge in [0.15, 0.2) is 11.5 Å². The lowest BCUT2D eigenvalue weighted by Gasteiger charge is -2.32. The van der Waals surface area contributed by atoms with Gasteiger partial charge in [-0.3, -0.25) is 9.58 Å². The number of aliphatic hydroxyl groups excluding tert-OH is 1. The standard InChI is InChI=1S/C25H40N4O3/c1-19-21(16-29(4)26-19)15-27(2)14-20-11-12-24(25(13-20)31-5)32-18-23(30)17-28(3)22-9-7-6-8-10-22/h11-13,16,22-23,30H,6-10,14-15,17-18H2,1-5H3/t23-/m1/s1. The van der Waals surface area contributed by atoms with E-state index in [1.165, 1.54) is 37.7 Å². The maximum Gasteiger partial charge on any atom is 0.161 e. The van der Waals surface area contributed by atoms with E-state index in [4.69, 9.17) is 9.47 Å². The Bertz CT molecular complexity index is 848. The summed E-state index contributed by atoms with van der Waals surface area (Å²) in [6.07, 6.45) is 7.93. The van der Waals surface area contributed by atoms with E-state index >= 15 is 0 Å². The molecule has 1 atom stereocenters. The van der Waals surface area contributed by atoms with E-state index in [0.717, 1.165) is 24.3 Å². The fourth-order valence-electron chi connectivity index (χ4n) is 4.63. The van der Waals surface area contributed by atoms with Crippen molar-refractivity contribution in [2.24, 2.45) is 7.05 Å². The molecule has 1 fully saturated rings. The van der Waals surface area contributed by atoms with Gasteiger partial charge in [0.2, 0.25) is 0 Å². The summed E-state index contributed by atoms with van der Waals surface area (Å²) in [4.78, 5) is 4.54. The van der Waals surface area contributed by atoms with Crippen molar-refractivity contribution in [1.29, 1.82) is 0 Å². The number of likely N-dealkylation sites (N-methyl/N-ethyl adjacent to an activating group) is 1. The minimum absolute atomic E-state index is 0.257. The van der Waals surface area contributed by atoms with E-state index in [1.807, 2.05) is 30.8 Å². The first-order valence-electron chi connectivity index (χ1n) is 11.7. The van der Waals surface area contributed by atoms with Crippen molar-refractivity contribution < 1.29 is 14.6 Å². The molecule has 1 saturated carbocycles. The number of aliphatic hydroxyl groups is 1. The maximum atomic E-state index is 10.5. The van der Waals surface area contributed by atoms with Crippen LogP contribution < -0.4 is 9.47 Å². The quantitative estimate of drug-likeness (QED) is 0.573. The van der Waals surface area contributed by atoms with Crippen LogP contribution in [0.25, 0.3) is 0 Å². The summed E-state index contributed by atoms with van der Waals surface area (Å²) < 4.78 is 13.3. The van der Waals surface area contributed by atoms with Crippen LogP contribution in [0.4, 0.5) is 0 Å². The van der Waals surface area contributed by atoms with Crippen LogP contribution in [0, 0.1) is 6.92 Å². The predicted molar refractivity (Wildman–Crippen MR) is 127 cm³/mol. The van der Waals surface area contributed by atoms with Crippen molar-refractivity contribution in [1.82, 2.24) is 19.6 Å². The molecule has 0 amide bonds. The second-order valence-electron chi connectivity index (χ2n) is 9.27. The SMILES string of the molecule is COc1cc(CN(C)Cc2cn(C)nc2C)ccc1OC[C@H](O)CN(C)C1CCCCC1. The molecule has 1 heterocycles. The van der Waals surface area contributed by atoms with E-state index in [-0.39, 0.29) is 6.61 Å². The molecule has 7 heteroatoms. The molecule has 0 spiro atoms. The molecule has 3 rings (SSSR count). The zero-order valence-electron chi connectivity index (χ0n) is 20.4. The van der Waals surface area contributed by atoms with Crippen LogP contribution in [-0.4, -0.2) is 71.2 Å². The third-order valence-corrected chi connectivity index (χ3v) is 6.36. The molecule has 0 radical (unpaired) electrons. The molecular formula is C25H40N4O3. The second-order valence-corrected chi connectivity index (χ2v) is 9.27. The number of nitrogens with zero attached hydrogens (tertiary/aromatic N) is 4. The van der Waals surface area contributed by atoms with E-state index in [0.29, 0.717) is 24.1 Å². The molecule has 0 bridgehead atoms. The van der Waals surface area contributed by atoms with Crippen LogP contribution in [-0.2, 0) is 20.1 Å². The lowest BCUT2D eigenvalue weighted by Crippen LogP contribution is -2.40. The number of aromatic nitrogens is 2. The molecule has 1 aromatic carbocycles. The second kappa shape index (κ2) is 11.7. The number of rotatable bonds is 11. The van der Waals surface area contributed by atoms with Gasteiger partial charge < -0.3 is 19.5 Å². The number of benzene rings is 1. The molecule has 1 aliphatic rings. The molecule has 0 saturated heterocycles. The molecule has 1 N–H and O–H groups in total. The first-order chi connectivity index (χ1) is 15.4. The summed E-state index contributed by atoms with van der Waals surface area (Å²) in [5, 5.41) is 14.9. The summed E-state index contributed by atoms with van der Waals surface area (Å²) in [6, 6.07) is 6.60. The topological polar surface area (TPSA) is 63.0 Å². The van der Waals surface area contributed by atoms with E-state index in [1.54, 1.807) is 7.11 Å². The van der Waals surface area contributed by atoms with Gasteiger partial charge in [0, 0.05) is 44.5 Å². The van der Waals surface area contributed by atoms with Gasteiger partial charge in [-0.25, -0.2) is 0 Å². The van der Waals surface area contributed by atoms with E-state index in [2.05, 4.69) is 41.3 Å². The van der Waals surface area contributed by atoms with Gasteiger partial charge in [-0.1, -0.05) is 25.3 Å². The van der Waals surface area contributed by atoms with Gasteiger partial charge in [-0.15, -0.1) is 0 Å². The number of hydrogen-bond donors (Lipinski definition) is 1. The highest BCUT2D eigenvalue weighted by Gasteiger charge is 2.20. The van der Waals surface area contributed by atoms with Crippen LogP contribution in [0.3, 0.4) is 0 Å². The van der Waals surface area contributed by atoms with Crippen LogP contribution in [0.5, 0.6) is 11.5 Å². The van der Waals surface area contributed by atoms with Gasteiger partial charge >= 0.3 is 0 Å². The molecule has 1 aromatic heterocycles. The Hall–Kier alpha value is -2.09. The Kier molecular flexibility index (Phi) is 8.96. The van der Waals surface area contributed by atoms with Crippen LogP contribution in [0.1, 0.15) is 48.9 Å². The molecule has 0 aliphatic heterocycles. The van der Waals surface area contributed by atoms with Gasteiger partial charge in [0.1, 0.15) is 12.7 Å². The average molecular weight is 445 g/mol. The smallest absolute Gasteiger partial charge is 0.161 e. The Morgan fingerprint density at radius 2 is 1.91 bits per heavy atom. The van der Waals surface area contributed by atoms with Crippen molar-refractivity contribution in [2.75, 3.05) is 34.4 Å². The predicted octanol–water partition coefficient (Wildman–Crippen LogP) is 3.37. The first kappa shape index (κ1) is 24.6. The summed E-state index contributed by atoms with van der Waals surface area (Å²) in [5.74, 6) is 1.36. The summed E-state index contributed by atoms with van der Waals surface area (Å²) >= 11 is 0. The Balaban J connectivity index is 1.51. The van der Waals surface area contributed by atoms with Crippen molar-refractivity contribution >= 4 is 0 Å². The molecule has 7 nitrogen and oxygen atoms in total. The number of aryl methyl sites for hydroxylation is 2. The molecule has 1 aliphatic carbocycles. The summed E-state index contributed by atoms with van der Waals surface area (Å²) in [5.41, 5.74) is 3.44. The largest absolute Gasteiger partial charge is 0.493 e. The van der Waals surface area contributed by atoms with Crippen LogP contribution in [0.15, 0.2) is 24.4 Å². The van der Waals surface area contributed by atoms with Gasteiger partial charge in [-0.2, -0.15) is 5.10 Å². The van der Waals surface area contributed by atoms with Gasteiger partial charge in [0.25, 0.3) is 0 Å². The average Bonchev–Trinajstić information content (AvgIpc) is 3.09. The normalized spacial score (nSPS) is 16.0. The van der Waals surface area contributed by atoms with Gasteiger partial charge in [0.05, 0.1) is 12.8 Å². The maximum absolute atomic E-state index is 10.5. The minimum Gasteiger partial charge on any atom is -0.493 e. The molecule has 2 aromatic rings. The lowest BCUT2D eigenvalue weighted by atomic mass is 9.94. The monoisotopic (exact) mass is 444 g/mol. The summed E-state index contributed by atoms with van der Waals surface area (Å²) in [7, 11) is 7.81. The highest BCUT2D eigenvalue weighted by Crippen LogP contribution is 2.29. The first-order valence-corrected chi connectivity index (χ1v) is 11.7. The Morgan fingerprint density at radius 1 is 1.16 bits per heavy atom. The highest BCUT2D eigenvalue weighted by atomic mass is 16.5. The fourth-order valence-corrected chi connectivity index (χ4v) is 4.63. The highest BCUT2D eigenvalue weighted by molar-refractivity contribution is 5.43. The van der Waals surface area contributed by atoms with Crippen molar-refractivity contribution in [3.05, 3.63) is 41.2 Å². The third-order valence-electron chi connectivity index (χ3n) is 6.36. The van der Waals surface area contributed by atoms with Crippen LogP contribution in [0.2, 0.25) is 0 Å². The van der Waals surface area contributed by atoms with Crippen molar-refractivity contribution in [2.45, 2.75) is 64.3 Å².